The molecule has 2 aliphatic heterocycles. The maximum absolute atomic E-state index is 5.96. The van der Waals surface area contributed by atoms with Crippen LogP contribution in [-0.2, 0) is 43.3 Å². The molecule has 3 nitrogen and oxygen atoms in total. The van der Waals surface area contributed by atoms with Crippen molar-refractivity contribution >= 4 is 100 Å². The first-order chi connectivity index (χ1) is 46.1. The van der Waals surface area contributed by atoms with Crippen molar-refractivity contribution in [1.82, 2.24) is 4.98 Å². The van der Waals surface area contributed by atoms with Crippen LogP contribution < -0.4 is 26.2 Å². The van der Waals surface area contributed by atoms with Gasteiger partial charge in [-0.1, -0.05) is 263 Å². The van der Waals surface area contributed by atoms with Crippen LogP contribution in [0.1, 0.15) is 211 Å². The number of benzene rings is 11. The lowest BCUT2D eigenvalue weighted by Gasteiger charge is -2.46. The summed E-state index contributed by atoms with van der Waals surface area (Å²) < 4.78 is 0. The minimum Gasteiger partial charge on any atom is -0.311 e. The van der Waals surface area contributed by atoms with Gasteiger partial charge in [0.05, 0.1) is 11.4 Å². The van der Waals surface area contributed by atoms with Gasteiger partial charge >= 0.3 is 0 Å². The molecule has 11 aromatic carbocycles. The summed E-state index contributed by atoms with van der Waals surface area (Å²) in [5.41, 5.74) is 26.8. The fraction of sp³-hybridized carbons (Fsp3) is 0.337. The van der Waals surface area contributed by atoms with Gasteiger partial charge in [-0.15, -0.1) is 0 Å². The van der Waals surface area contributed by atoms with Gasteiger partial charge in [0.25, 0.3) is 6.71 Å². The average Bonchev–Trinajstić information content (AvgIpc) is 0.683. The fourth-order valence-corrected chi connectivity index (χ4v) is 15.2. The van der Waals surface area contributed by atoms with Gasteiger partial charge in [-0.05, 0) is 245 Å². The number of hydrogen-bond donors (Lipinski definition) is 0. The van der Waals surface area contributed by atoms with Gasteiger partial charge in [-0.3, -0.25) is 0 Å². The smallest absolute Gasteiger partial charge is 0.252 e. The van der Waals surface area contributed by atoms with Gasteiger partial charge in [0.15, 0.2) is 0 Å². The molecule has 0 aliphatic carbocycles. The van der Waals surface area contributed by atoms with E-state index in [0.29, 0.717) is 0 Å². The van der Waals surface area contributed by atoms with E-state index < -0.39 is 0 Å². The SMILES string of the molecule is CC(C)(C)c1cc(-c2cc(-c3cc4c5c(c3)N(c3cc(C(C)(C)C)cc(C(C)(C)C)c3)c3c(ccc6cc7ccccc7cc36)B5c3ccc5cc6ccccc6cc5c3N4c3cc(C(C)(C)C)cc(C(C)(C)C)c3)cc(-c3cc(C(C)(C)C)cc(C(C)(C)C)c3)n2)cc(C(C)(C)C)c1. The maximum Gasteiger partial charge on any atom is 0.252 e. The lowest BCUT2D eigenvalue weighted by molar-refractivity contribution is 0.568. The summed E-state index contributed by atoms with van der Waals surface area (Å²) in [6, 6.07) is 77.3. The molecular weight excluding hydrogens is 1190 g/mol. The van der Waals surface area contributed by atoms with Gasteiger partial charge in [0.1, 0.15) is 0 Å². The molecule has 0 N–H and O–H groups in total. The van der Waals surface area contributed by atoms with E-state index in [1.54, 1.807) is 0 Å². The van der Waals surface area contributed by atoms with Crippen LogP contribution in [0.25, 0.3) is 76.7 Å². The molecule has 3 heterocycles. The topological polar surface area (TPSA) is 19.4 Å². The Morgan fingerprint density at radius 3 is 0.818 bits per heavy atom. The quantitative estimate of drug-likeness (QED) is 0.126. The maximum atomic E-state index is 5.96. The zero-order valence-electron chi connectivity index (χ0n) is 63.9. The van der Waals surface area contributed by atoms with E-state index in [1.807, 2.05) is 0 Å². The van der Waals surface area contributed by atoms with Crippen molar-refractivity contribution in [3.05, 3.63) is 239 Å². The molecule has 0 bridgehead atoms. The highest BCUT2D eigenvalue weighted by Gasteiger charge is 2.46. The number of pyridine rings is 1. The normalized spacial score (nSPS) is 14.0. The number of fused-ring (bicyclic) bond motifs is 10. The van der Waals surface area contributed by atoms with Crippen LogP contribution in [0.4, 0.5) is 34.1 Å². The third-order valence-electron chi connectivity index (χ3n) is 21.7. The minimum absolute atomic E-state index is 0.114. The third kappa shape index (κ3) is 12.3. The van der Waals surface area contributed by atoms with Crippen molar-refractivity contribution < 1.29 is 0 Å². The molecule has 12 aromatic rings. The molecule has 502 valence electrons. The highest BCUT2D eigenvalue weighted by Crippen LogP contribution is 2.53. The van der Waals surface area contributed by atoms with Gasteiger partial charge in [0, 0.05) is 56.0 Å². The predicted octanol–water partition coefficient (Wildman–Crippen LogP) is 25.2. The summed E-state index contributed by atoms with van der Waals surface area (Å²) in [5, 5.41) is 9.85. The summed E-state index contributed by atoms with van der Waals surface area (Å²) in [5.74, 6) is 0. The van der Waals surface area contributed by atoms with E-state index in [9.17, 15) is 0 Å². The lowest BCUT2D eigenvalue weighted by atomic mass is 9.33. The zero-order chi connectivity index (χ0) is 71.0. The van der Waals surface area contributed by atoms with Gasteiger partial charge in [-0.2, -0.15) is 0 Å². The summed E-state index contributed by atoms with van der Waals surface area (Å²) >= 11 is 0. The highest BCUT2D eigenvalue weighted by molar-refractivity contribution is 7.00. The largest absolute Gasteiger partial charge is 0.311 e. The molecule has 0 fully saturated rings. The van der Waals surface area contributed by atoms with Crippen molar-refractivity contribution in [2.24, 2.45) is 0 Å². The monoisotopic (exact) mass is 1300 g/mol. The molecule has 1 aromatic heterocycles. The van der Waals surface area contributed by atoms with Crippen LogP contribution in [0, 0.1) is 0 Å². The van der Waals surface area contributed by atoms with Crippen LogP contribution in [0.3, 0.4) is 0 Å². The van der Waals surface area contributed by atoms with Gasteiger partial charge in [0.2, 0.25) is 0 Å². The number of anilines is 6. The van der Waals surface area contributed by atoms with Crippen molar-refractivity contribution in [3.63, 3.8) is 0 Å². The Balaban J connectivity index is 1.21. The Labute approximate surface area is 593 Å². The van der Waals surface area contributed by atoms with Crippen LogP contribution in [-0.4, -0.2) is 11.7 Å². The molecule has 14 rings (SSSR count). The van der Waals surface area contributed by atoms with Crippen LogP contribution in [0.2, 0.25) is 0 Å². The molecule has 0 radical (unpaired) electrons. The molecule has 99 heavy (non-hydrogen) atoms. The molecular formula is C95H104BN3. The summed E-state index contributed by atoms with van der Waals surface area (Å²) in [6.45, 7) is 56.6. The van der Waals surface area contributed by atoms with Crippen molar-refractivity contribution in [2.45, 2.75) is 209 Å². The molecule has 0 spiro atoms. The summed E-state index contributed by atoms with van der Waals surface area (Å²) in [4.78, 5) is 11.4. The van der Waals surface area contributed by atoms with E-state index in [-0.39, 0.29) is 50.0 Å². The van der Waals surface area contributed by atoms with Crippen LogP contribution in [0.5, 0.6) is 0 Å². The van der Waals surface area contributed by atoms with Crippen LogP contribution >= 0.6 is 0 Å². The Morgan fingerprint density at radius 1 is 0.253 bits per heavy atom. The van der Waals surface area contributed by atoms with Gasteiger partial charge in [-0.25, -0.2) is 4.98 Å². The van der Waals surface area contributed by atoms with Crippen molar-refractivity contribution in [3.8, 4) is 33.6 Å². The molecule has 0 amide bonds. The second kappa shape index (κ2) is 22.9. The van der Waals surface area contributed by atoms with Gasteiger partial charge < -0.3 is 9.80 Å². The molecule has 4 heteroatoms. The lowest BCUT2D eigenvalue weighted by Crippen LogP contribution is -2.61. The molecule has 0 saturated heterocycles. The standard InChI is InChI=1S/C95H104BN3/c1-88(2,3)67-39-65(40-68(49-67)89(4,5)6)81-45-63(46-82(97-81)66-41-69(90(7,8)9)50-70(42-66)91(10,11)12)64-47-83-85-84(48-64)99(76-55-73(94(19,20)21)52-74(56-76)95(22,23)24)87-78-44-60-32-28-26-30-58(60)38-62(78)34-36-80(87)96(85)79-35-33-61-37-57-29-25-27-31-59(57)43-77(61)86(79)98(83)75-53-71(92(13,14)15)51-72(54-75)93(16,17)18/h25-56H,1-24H3. The van der Waals surface area contributed by atoms with E-state index >= 15 is 0 Å². The van der Waals surface area contributed by atoms with E-state index in [1.165, 1.54) is 127 Å². The van der Waals surface area contributed by atoms with Crippen LogP contribution in [0.15, 0.2) is 194 Å². The second-order valence-electron chi connectivity index (χ2n) is 37.6. The van der Waals surface area contributed by atoms with E-state index in [0.717, 1.165) is 45.0 Å². The number of hydrogen-bond acceptors (Lipinski definition) is 3. The minimum atomic E-state index is -0.162. The zero-order valence-corrected chi connectivity index (χ0v) is 63.9. The number of rotatable bonds is 5. The van der Waals surface area contributed by atoms with E-state index in [2.05, 4.69) is 370 Å². The second-order valence-corrected chi connectivity index (χ2v) is 37.6. The first-order valence-electron chi connectivity index (χ1n) is 36.4. The molecule has 0 saturated carbocycles. The Kier molecular flexibility index (Phi) is 15.6. The number of nitrogens with zero attached hydrogens (tertiary/aromatic N) is 3. The Hall–Kier alpha value is -8.73. The first kappa shape index (κ1) is 67.5. The Bertz CT molecular complexity index is 4840. The highest BCUT2D eigenvalue weighted by atomic mass is 15.2. The van der Waals surface area contributed by atoms with E-state index in [4.69, 9.17) is 4.98 Å². The Morgan fingerprint density at radius 2 is 0.525 bits per heavy atom. The predicted molar refractivity (Wildman–Crippen MR) is 434 cm³/mol. The summed E-state index contributed by atoms with van der Waals surface area (Å²) in [6.07, 6.45) is 0. The summed E-state index contributed by atoms with van der Waals surface area (Å²) in [7, 11) is 0. The molecule has 0 atom stereocenters. The fourth-order valence-electron chi connectivity index (χ4n) is 15.2. The number of aromatic nitrogens is 1. The van der Waals surface area contributed by atoms with Crippen molar-refractivity contribution in [1.29, 1.82) is 0 Å². The third-order valence-corrected chi connectivity index (χ3v) is 21.7. The van der Waals surface area contributed by atoms with Crippen molar-refractivity contribution in [2.75, 3.05) is 9.80 Å². The molecule has 2 aliphatic rings. The first-order valence-corrected chi connectivity index (χ1v) is 36.4. The average molecular weight is 1300 g/mol. The molecule has 0 unspecified atom stereocenters.